The number of benzene rings is 1. The van der Waals surface area contributed by atoms with Crippen molar-refractivity contribution in [1.29, 1.82) is 0 Å². The molecule has 0 fully saturated rings. The zero-order valence-electron chi connectivity index (χ0n) is 16.3. The van der Waals surface area contributed by atoms with E-state index in [1.54, 1.807) is 11.8 Å². The Labute approximate surface area is 160 Å². The number of ether oxygens (including phenoxy) is 1. The highest BCUT2D eigenvalue weighted by Gasteiger charge is 2.24. The summed E-state index contributed by atoms with van der Waals surface area (Å²) in [6.07, 6.45) is 0. The highest BCUT2D eigenvalue weighted by atomic mass is 32.2. The standard InChI is InChI=1S/C19H29NO3S2/c1-8-20(9-2)17(21)24-15-12-11-14(19(5,6)7)13(4)16(15)25-18(22)23-10-3/h11-12H,8-10H2,1-7H3. The maximum Gasteiger partial charge on any atom is 0.372 e. The van der Waals surface area contributed by atoms with Gasteiger partial charge in [-0.05, 0) is 73.8 Å². The summed E-state index contributed by atoms with van der Waals surface area (Å²) in [5.74, 6) is 0. The molecule has 25 heavy (non-hydrogen) atoms. The molecule has 6 heteroatoms. The lowest BCUT2D eigenvalue weighted by Crippen LogP contribution is -2.26. The summed E-state index contributed by atoms with van der Waals surface area (Å²) in [6, 6.07) is 4.00. The first-order valence-electron chi connectivity index (χ1n) is 8.61. The summed E-state index contributed by atoms with van der Waals surface area (Å²) in [4.78, 5) is 27.9. The number of carbonyl (C=O) groups excluding carboxylic acids is 2. The summed E-state index contributed by atoms with van der Waals surface area (Å²) in [6.45, 7) is 15.8. The molecule has 1 aromatic carbocycles. The second-order valence-corrected chi connectivity index (χ2v) is 8.58. The van der Waals surface area contributed by atoms with E-state index in [1.165, 1.54) is 17.3 Å². The third kappa shape index (κ3) is 5.96. The van der Waals surface area contributed by atoms with Crippen LogP contribution < -0.4 is 0 Å². The minimum Gasteiger partial charge on any atom is -0.458 e. The Morgan fingerprint density at radius 3 is 2.16 bits per heavy atom. The van der Waals surface area contributed by atoms with E-state index in [2.05, 4.69) is 26.8 Å². The third-order valence-electron chi connectivity index (χ3n) is 3.84. The van der Waals surface area contributed by atoms with Gasteiger partial charge in [-0.2, -0.15) is 0 Å². The Kier molecular flexibility index (Phi) is 8.35. The van der Waals surface area contributed by atoms with E-state index < -0.39 is 0 Å². The van der Waals surface area contributed by atoms with Gasteiger partial charge in [0.05, 0.1) is 6.61 Å². The first kappa shape index (κ1) is 21.9. The van der Waals surface area contributed by atoms with Crippen LogP contribution in [-0.2, 0) is 10.2 Å². The Morgan fingerprint density at radius 2 is 1.68 bits per heavy atom. The number of nitrogens with zero attached hydrogens (tertiary/aromatic N) is 1. The normalized spacial score (nSPS) is 11.3. The van der Waals surface area contributed by atoms with Crippen molar-refractivity contribution >= 4 is 34.1 Å². The van der Waals surface area contributed by atoms with Gasteiger partial charge in [-0.25, -0.2) is 4.79 Å². The van der Waals surface area contributed by atoms with E-state index in [0.717, 1.165) is 27.1 Å². The van der Waals surface area contributed by atoms with E-state index >= 15 is 0 Å². The molecule has 1 aromatic rings. The van der Waals surface area contributed by atoms with Crippen molar-refractivity contribution in [2.45, 2.75) is 63.7 Å². The summed E-state index contributed by atoms with van der Waals surface area (Å²) < 4.78 is 5.10. The van der Waals surface area contributed by atoms with Crippen molar-refractivity contribution in [2.75, 3.05) is 19.7 Å². The lowest BCUT2D eigenvalue weighted by Gasteiger charge is -2.25. The number of thioether (sulfide) groups is 2. The Hall–Kier alpha value is -1.14. The SMILES string of the molecule is CCOC(=O)Sc1c(SC(=O)N(CC)CC)ccc(C(C)(C)C)c1C. The van der Waals surface area contributed by atoms with Crippen LogP contribution in [0.25, 0.3) is 0 Å². The first-order chi connectivity index (χ1) is 11.6. The molecule has 1 rings (SSSR count). The first-order valence-corrected chi connectivity index (χ1v) is 10.2. The summed E-state index contributed by atoms with van der Waals surface area (Å²) in [7, 11) is 0. The maximum atomic E-state index is 12.5. The van der Waals surface area contributed by atoms with Crippen molar-refractivity contribution in [3.05, 3.63) is 23.3 Å². The van der Waals surface area contributed by atoms with Crippen LogP contribution in [0.15, 0.2) is 21.9 Å². The Bertz CT molecular complexity index is 620. The lowest BCUT2D eigenvalue weighted by atomic mass is 9.84. The van der Waals surface area contributed by atoms with Crippen molar-refractivity contribution in [2.24, 2.45) is 0 Å². The van der Waals surface area contributed by atoms with Crippen molar-refractivity contribution in [1.82, 2.24) is 4.90 Å². The molecular weight excluding hydrogens is 354 g/mol. The molecule has 0 bridgehead atoms. The third-order valence-corrected chi connectivity index (χ3v) is 5.98. The van der Waals surface area contributed by atoms with Crippen LogP contribution in [0.4, 0.5) is 9.59 Å². The van der Waals surface area contributed by atoms with Crippen molar-refractivity contribution in [3.8, 4) is 0 Å². The fraction of sp³-hybridized carbons (Fsp3) is 0.579. The van der Waals surface area contributed by atoms with Crippen molar-refractivity contribution in [3.63, 3.8) is 0 Å². The summed E-state index contributed by atoms with van der Waals surface area (Å²) in [5.41, 5.74) is 2.15. The second kappa shape index (κ2) is 9.53. The van der Waals surface area contributed by atoms with Crippen molar-refractivity contribution < 1.29 is 14.3 Å². The predicted octanol–water partition coefficient (Wildman–Crippen LogP) is 6.10. The number of hydrogen-bond acceptors (Lipinski definition) is 5. The van der Waals surface area contributed by atoms with Gasteiger partial charge >= 0.3 is 5.30 Å². The minimum absolute atomic E-state index is 0.00128. The van der Waals surface area contributed by atoms with Crippen LogP contribution in [0.5, 0.6) is 0 Å². The van der Waals surface area contributed by atoms with E-state index in [1.807, 2.05) is 26.8 Å². The summed E-state index contributed by atoms with van der Waals surface area (Å²) in [5, 5.41) is -0.340. The topological polar surface area (TPSA) is 46.6 Å². The molecule has 0 spiro atoms. The van der Waals surface area contributed by atoms with Gasteiger partial charge in [-0.15, -0.1) is 0 Å². The zero-order chi connectivity index (χ0) is 19.2. The molecule has 0 unspecified atom stereocenters. The Morgan fingerprint density at radius 1 is 1.08 bits per heavy atom. The van der Waals surface area contributed by atoms with E-state index in [9.17, 15) is 9.59 Å². The van der Waals surface area contributed by atoms with Crippen LogP contribution in [0.1, 0.15) is 52.7 Å². The quantitative estimate of drug-likeness (QED) is 0.454. The van der Waals surface area contributed by atoms with Gasteiger partial charge in [0, 0.05) is 22.9 Å². The van der Waals surface area contributed by atoms with Crippen LogP contribution >= 0.6 is 23.5 Å². The van der Waals surface area contributed by atoms with E-state index in [4.69, 9.17) is 4.74 Å². The number of hydrogen-bond donors (Lipinski definition) is 0. The molecule has 0 aliphatic rings. The molecule has 0 aromatic heterocycles. The van der Waals surface area contributed by atoms with Crippen LogP contribution in [-0.4, -0.2) is 35.1 Å². The average molecular weight is 384 g/mol. The maximum absolute atomic E-state index is 12.5. The van der Waals surface area contributed by atoms with Gasteiger partial charge in [-0.1, -0.05) is 26.8 Å². The van der Waals surface area contributed by atoms with Gasteiger partial charge < -0.3 is 9.64 Å². The molecule has 1 amide bonds. The van der Waals surface area contributed by atoms with Crippen LogP contribution in [0.3, 0.4) is 0 Å². The fourth-order valence-corrected chi connectivity index (χ4v) is 4.54. The summed E-state index contributed by atoms with van der Waals surface area (Å²) >= 11 is 2.25. The Balaban J connectivity index is 3.29. The fourth-order valence-electron chi connectivity index (χ4n) is 2.56. The van der Waals surface area contributed by atoms with E-state index in [-0.39, 0.29) is 16.0 Å². The molecule has 0 heterocycles. The lowest BCUT2D eigenvalue weighted by molar-refractivity contribution is 0.181. The zero-order valence-corrected chi connectivity index (χ0v) is 17.9. The van der Waals surface area contributed by atoms with Gasteiger partial charge in [0.25, 0.3) is 5.24 Å². The molecule has 4 nitrogen and oxygen atoms in total. The van der Waals surface area contributed by atoms with Gasteiger partial charge in [0.2, 0.25) is 0 Å². The molecule has 0 saturated carbocycles. The molecule has 0 aliphatic carbocycles. The highest BCUT2D eigenvalue weighted by Crippen LogP contribution is 2.40. The molecule has 0 radical (unpaired) electrons. The molecule has 0 saturated heterocycles. The van der Waals surface area contributed by atoms with E-state index in [0.29, 0.717) is 19.7 Å². The molecular formula is C19H29NO3S2. The van der Waals surface area contributed by atoms with Gasteiger partial charge in [0.15, 0.2) is 0 Å². The number of rotatable bonds is 5. The van der Waals surface area contributed by atoms with Gasteiger partial charge in [-0.3, -0.25) is 4.79 Å². The largest absolute Gasteiger partial charge is 0.458 e. The molecule has 0 N–H and O–H groups in total. The second-order valence-electron chi connectivity index (χ2n) is 6.64. The highest BCUT2D eigenvalue weighted by molar-refractivity contribution is 8.16. The smallest absolute Gasteiger partial charge is 0.372 e. The molecule has 0 atom stereocenters. The predicted molar refractivity (Wildman–Crippen MR) is 107 cm³/mol. The number of amides is 1. The average Bonchev–Trinajstić information content (AvgIpc) is 2.51. The monoisotopic (exact) mass is 383 g/mol. The van der Waals surface area contributed by atoms with Crippen LogP contribution in [0, 0.1) is 6.92 Å². The minimum atomic E-state index is -0.339. The van der Waals surface area contributed by atoms with Crippen LogP contribution in [0.2, 0.25) is 0 Å². The van der Waals surface area contributed by atoms with Gasteiger partial charge in [0.1, 0.15) is 0 Å². The number of carbonyl (C=O) groups is 2. The molecule has 0 aliphatic heterocycles. The molecule has 140 valence electrons.